The summed E-state index contributed by atoms with van der Waals surface area (Å²) in [5.41, 5.74) is 0.942. The number of hydrogen-bond acceptors (Lipinski definition) is 3. The normalized spacial score (nSPS) is 25.7. The van der Waals surface area contributed by atoms with Crippen molar-refractivity contribution >= 4 is 21.6 Å². The first kappa shape index (κ1) is 14.3. The molecule has 2 N–H and O–H groups in total. The molecule has 2 atom stereocenters. The molecule has 0 heterocycles. The van der Waals surface area contributed by atoms with Gasteiger partial charge in [0, 0.05) is 23.7 Å². The lowest BCUT2D eigenvalue weighted by molar-refractivity contribution is 0.578. The van der Waals surface area contributed by atoms with Crippen molar-refractivity contribution in [3.8, 4) is 0 Å². The average Bonchev–Trinajstić information content (AvgIpc) is 3.28. The van der Waals surface area contributed by atoms with E-state index in [9.17, 15) is 8.42 Å². The van der Waals surface area contributed by atoms with Crippen LogP contribution in [0.15, 0.2) is 23.1 Å². The van der Waals surface area contributed by atoms with Crippen LogP contribution in [-0.4, -0.2) is 20.5 Å². The predicted molar refractivity (Wildman–Crippen MR) is 79.2 cm³/mol. The van der Waals surface area contributed by atoms with Crippen LogP contribution in [-0.2, 0) is 16.6 Å². The average molecular weight is 315 g/mol. The Kier molecular flexibility index (Phi) is 3.79. The summed E-state index contributed by atoms with van der Waals surface area (Å²) < 4.78 is 27.1. The Balaban J connectivity index is 1.71. The van der Waals surface area contributed by atoms with E-state index in [0.29, 0.717) is 23.5 Å². The van der Waals surface area contributed by atoms with E-state index < -0.39 is 10.0 Å². The lowest BCUT2D eigenvalue weighted by Gasteiger charge is -2.09. The highest BCUT2D eigenvalue weighted by Gasteiger charge is 2.36. The van der Waals surface area contributed by atoms with Gasteiger partial charge in [-0.25, -0.2) is 13.1 Å². The van der Waals surface area contributed by atoms with Crippen LogP contribution in [0.1, 0.15) is 31.7 Å². The van der Waals surface area contributed by atoms with E-state index in [1.807, 2.05) is 6.92 Å². The van der Waals surface area contributed by atoms with E-state index in [4.69, 9.17) is 11.6 Å². The van der Waals surface area contributed by atoms with Crippen LogP contribution in [0.3, 0.4) is 0 Å². The summed E-state index contributed by atoms with van der Waals surface area (Å²) in [6.07, 6.45) is 3.34. The topological polar surface area (TPSA) is 58.2 Å². The van der Waals surface area contributed by atoms with E-state index in [-0.39, 0.29) is 10.9 Å². The van der Waals surface area contributed by atoms with Gasteiger partial charge in [-0.3, -0.25) is 0 Å². The highest BCUT2D eigenvalue weighted by molar-refractivity contribution is 7.89. The molecule has 2 fully saturated rings. The minimum absolute atomic E-state index is 0.0787. The number of halogens is 1. The molecule has 1 aromatic carbocycles. The van der Waals surface area contributed by atoms with Crippen LogP contribution in [0.2, 0.25) is 5.02 Å². The molecular weight excluding hydrogens is 296 g/mol. The van der Waals surface area contributed by atoms with E-state index in [2.05, 4.69) is 10.0 Å². The van der Waals surface area contributed by atoms with E-state index >= 15 is 0 Å². The maximum Gasteiger partial charge on any atom is 0.240 e. The molecule has 2 saturated carbocycles. The standard InChI is InChI=1S/C14H19ClN2O2S/c1-9-6-14(9)17-20(18,19)12-5-2-10(13(15)7-12)8-16-11-3-4-11/h2,5,7,9,11,14,16-17H,3-4,6,8H2,1H3. The molecule has 20 heavy (non-hydrogen) atoms. The minimum Gasteiger partial charge on any atom is -0.310 e. The minimum atomic E-state index is -3.44. The molecule has 110 valence electrons. The zero-order valence-electron chi connectivity index (χ0n) is 11.4. The second-order valence-electron chi connectivity index (χ2n) is 5.85. The summed E-state index contributed by atoms with van der Waals surface area (Å²) >= 11 is 6.19. The van der Waals surface area contributed by atoms with Gasteiger partial charge in [-0.05, 0) is 42.9 Å². The van der Waals surface area contributed by atoms with Gasteiger partial charge in [-0.1, -0.05) is 24.6 Å². The van der Waals surface area contributed by atoms with Crippen LogP contribution < -0.4 is 10.0 Å². The summed E-state index contributed by atoms with van der Waals surface area (Å²) in [5, 5.41) is 3.87. The lowest BCUT2D eigenvalue weighted by atomic mass is 10.2. The second-order valence-corrected chi connectivity index (χ2v) is 7.97. The number of hydrogen-bond donors (Lipinski definition) is 2. The van der Waals surface area contributed by atoms with Gasteiger partial charge in [-0.2, -0.15) is 0 Å². The first-order chi connectivity index (χ1) is 9.45. The van der Waals surface area contributed by atoms with Gasteiger partial charge in [0.15, 0.2) is 0 Å². The van der Waals surface area contributed by atoms with Crippen molar-refractivity contribution < 1.29 is 8.42 Å². The molecule has 0 bridgehead atoms. The Bertz CT molecular complexity index is 614. The molecule has 2 unspecified atom stereocenters. The van der Waals surface area contributed by atoms with Crippen LogP contribution in [0, 0.1) is 5.92 Å². The summed E-state index contributed by atoms with van der Waals surface area (Å²) in [7, 11) is -3.44. The maximum atomic E-state index is 12.2. The van der Waals surface area contributed by atoms with Gasteiger partial charge < -0.3 is 5.32 Å². The molecule has 3 rings (SSSR count). The number of nitrogens with one attached hydrogen (secondary N) is 2. The van der Waals surface area contributed by atoms with Gasteiger partial charge >= 0.3 is 0 Å². The molecule has 0 aliphatic heterocycles. The van der Waals surface area contributed by atoms with Gasteiger partial charge in [0.25, 0.3) is 0 Å². The molecule has 0 spiro atoms. The lowest BCUT2D eigenvalue weighted by Crippen LogP contribution is -2.27. The third-order valence-electron chi connectivity index (χ3n) is 3.91. The summed E-state index contributed by atoms with van der Waals surface area (Å²) in [6, 6.07) is 5.65. The number of rotatable bonds is 6. The van der Waals surface area contributed by atoms with Gasteiger partial charge in [0.2, 0.25) is 10.0 Å². The Morgan fingerprint density at radius 3 is 2.60 bits per heavy atom. The molecule has 1 aromatic rings. The fourth-order valence-corrected chi connectivity index (χ4v) is 3.83. The molecular formula is C14H19ClN2O2S. The zero-order valence-corrected chi connectivity index (χ0v) is 13.0. The van der Waals surface area contributed by atoms with Crippen LogP contribution in [0.4, 0.5) is 0 Å². The van der Waals surface area contributed by atoms with Crippen molar-refractivity contribution in [2.45, 2.75) is 49.7 Å². The third-order valence-corrected chi connectivity index (χ3v) is 5.75. The van der Waals surface area contributed by atoms with E-state index in [1.165, 1.54) is 12.8 Å². The van der Waals surface area contributed by atoms with Crippen LogP contribution in [0.25, 0.3) is 0 Å². The van der Waals surface area contributed by atoms with Gasteiger partial charge in [0.05, 0.1) is 4.90 Å². The van der Waals surface area contributed by atoms with Gasteiger partial charge in [0.1, 0.15) is 0 Å². The summed E-state index contributed by atoms with van der Waals surface area (Å²) in [5.74, 6) is 0.433. The highest BCUT2D eigenvalue weighted by atomic mass is 35.5. The van der Waals surface area contributed by atoms with Crippen molar-refractivity contribution in [3.63, 3.8) is 0 Å². The molecule has 2 aliphatic rings. The molecule has 0 radical (unpaired) electrons. The van der Waals surface area contributed by atoms with E-state index in [0.717, 1.165) is 12.0 Å². The van der Waals surface area contributed by atoms with Crippen LogP contribution >= 0.6 is 11.6 Å². The summed E-state index contributed by atoms with van der Waals surface area (Å²) in [4.78, 5) is 0.247. The quantitative estimate of drug-likeness (QED) is 0.847. The van der Waals surface area contributed by atoms with Crippen molar-refractivity contribution in [2.75, 3.05) is 0 Å². The third kappa shape index (κ3) is 3.34. The van der Waals surface area contributed by atoms with Crippen molar-refractivity contribution in [2.24, 2.45) is 5.92 Å². The molecule has 2 aliphatic carbocycles. The molecule has 6 heteroatoms. The monoisotopic (exact) mass is 314 g/mol. The molecule has 0 saturated heterocycles. The molecule has 0 amide bonds. The largest absolute Gasteiger partial charge is 0.310 e. The fraction of sp³-hybridized carbons (Fsp3) is 0.571. The predicted octanol–water partition coefficient (Wildman–Crippen LogP) is 2.28. The molecule has 4 nitrogen and oxygen atoms in total. The second kappa shape index (κ2) is 5.30. The SMILES string of the molecule is CC1CC1NS(=O)(=O)c1ccc(CNC2CC2)c(Cl)c1. The zero-order chi connectivity index (χ0) is 14.3. The Morgan fingerprint density at radius 2 is 2.05 bits per heavy atom. The first-order valence-electron chi connectivity index (χ1n) is 7.00. The Hall–Kier alpha value is -0.620. The van der Waals surface area contributed by atoms with Crippen LogP contribution in [0.5, 0.6) is 0 Å². The van der Waals surface area contributed by atoms with Gasteiger partial charge in [-0.15, -0.1) is 0 Å². The number of benzene rings is 1. The smallest absolute Gasteiger partial charge is 0.240 e. The maximum absolute atomic E-state index is 12.2. The summed E-state index contributed by atoms with van der Waals surface area (Å²) in [6.45, 7) is 2.73. The first-order valence-corrected chi connectivity index (χ1v) is 8.86. The fourth-order valence-electron chi connectivity index (χ4n) is 2.13. The Morgan fingerprint density at radius 1 is 1.35 bits per heavy atom. The van der Waals surface area contributed by atoms with E-state index in [1.54, 1.807) is 18.2 Å². The van der Waals surface area contributed by atoms with Crippen molar-refractivity contribution in [1.29, 1.82) is 0 Å². The van der Waals surface area contributed by atoms with Crippen molar-refractivity contribution in [3.05, 3.63) is 28.8 Å². The Labute approximate surface area is 125 Å². The molecule has 0 aromatic heterocycles. The van der Waals surface area contributed by atoms with Crippen molar-refractivity contribution in [1.82, 2.24) is 10.0 Å². The number of sulfonamides is 1. The highest BCUT2D eigenvalue weighted by Crippen LogP contribution is 2.31.